The molecule has 4 rings (SSSR count). The van der Waals surface area contributed by atoms with Gasteiger partial charge in [0.2, 0.25) is 5.78 Å². The van der Waals surface area contributed by atoms with Crippen molar-refractivity contribution in [3.05, 3.63) is 86.6 Å². The molecule has 1 unspecified atom stereocenters. The van der Waals surface area contributed by atoms with Crippen molar-refractivity contribution in [1.29, 1.82) is 0 Å². The SMILES string of the molecule is CCCCCCOc1ccc(C2C(C(=O)c3sc(C)nc3C)=C(O)C(=O)N2CCc2ccccc2)cc1OC. The highest BCUT2D eigenvalue weighted by molar-refractivity contribution is 7.14. The van der Waals surface area contributed by atoms with E-state index in [9.17, 15) is 14.7 Å². The van der Waals surface area contributed by atoms with Crippen LogP contribution in [0.1, 0.15) is 70.1 Å². The van der Waals surface area contributed by atoms with Crippen molar-refractivity contribution in [2.24, 2.45) is 0 Å². The number of ketones is 1. The summed E-state index contributed by atoms with van der Waals surface area (Å²) in [4.78, 5) is 33.6. The number of hydrogen-bond acceptors (Lipinski definition) is 7. The first kappa shape index (κ1) is 28.4. The Hall–Kier alpha value is -3.65. The number of carbonyl (C=O) groups is 2. The molecule has 39 heavy (non-hydrogen) atoms. The van der Waals surface area contributed by atoms with Gasteiger partial charge in [-0.2, -0.15) is 0 Å². The third-order valence-electron chi connectivity index (χ3n) is 6.90. The number of ether oxygens (including phenoxy) is 2. The molecule has 0 radical (unpaired) electrons. The largest absolute Gasteiger partial charge is 0.503 e. The highest BCUT2D eigenvalue weighted by atomic mass is 32.1. The Morgan fingerprint density at radius 1 is 1.08 bits per heavy atom. The van der Waals surface area contributed by atoms with Crippen LogP contribution in [-0.2, 0) is 11.2 Å². The van der Waals surface area contributed by atoms with Gasteiger partial charge < -0.3 is 19.5 Å². The number of nitrogens with zero attached hydrogens (tertiary/aromatic N) is 2. The number of carbonyl (C=O) groups excluding carboxylic acids is 2. The number of amides is 1. The molecule has 8 heteroatoms. The molecule has 0 spiro atoms. The number of benzene rings is 2. The van der Waals surface area contributed by atoms with Crippen molar-refractivity contribution in [2.75, 3.05) is 20.3 Å². The first-order chi connectivity index (χ1) is 18.8. The van der Waals surface area contributed by atoms with Gasteiger partial charge >= 0.3 is 0 Å². The fourth-order valence-corrected chi connectivity index (χ4v) is 5.78. The predicted octanol–water partition coefficient (Wildman–Crippen LogP) is 6.55. The molecule has 206 valence electrons. The van der Waals surface area contributed by atoms with Gasteiger partial charge in [-0.05, 0) is 49.9 Å². The Balaban J connectivity index is 1.69. The Kier molecular flexibility index (Phi) is 9.41. The normalized spacial score (nSPS) is 15.2. The number of methoxy groups -OCH3 is 1. The summed E-state index contributed by atoms with van der Waals surface area (Å²) in [5, 5.41) is 11.8. The molecule has 1 amide bonds. The van der Waals surface area contributed by atoms with Crippen LogP contribution in [0.3, 0.4) is 0 Å². The van der Waals surface area contributed by atoms with Gasteiger partial charge in [0.05, 0.1) is 40.9 Å². The minimum atomic E-state index is -0.775. The number of aliphatic hydroxyl groups excluding tert-OH is 1. The van der Waals surface area contributed by atoms with E-state index in [0.717, 1.165) is 29.8 Å². The quantitative estimate of drug-likeness (QED) is 0.193. The lowest BCUT2D eigenvalue weighted by Gasteiger charge is -2.27. The summed E-state index contributed by atoms with van der Waals surface area (Å²) in [5.41, 5.74) is 2.37. The second kappa shape index (κ2) is 12.9. The summed E-state index contributed by atoms with van der Waals surface area (Å²) < 4.78 is 11.6. The zero-order chi connectivity index (χ0) is 27.9. The number of aliphatic hydroxyl groups is 1. The fraction of sp³-hybridized carbons (Fsp3) is 0.387. The molecule has 0 bridgehead atoms. The smallest absolute Gasteiger partial charge is 0.290 e. The number of Topliss-reactive ketones (excluding diaryl/α,β-unsaturated/α-hetero) is 1. The van der Waals surface area contributed by atoms with E-state index < -0.39 is 17.7 Å². The molecule has 0 saturated carbocycles. The third-order valence-corrected chi connectivity index (χ3v) is 7.97. The van der Waals surface area contributed by atoms with E-state index in [-0.39, 0.29) is 11.4 Å². The Labute approximate surface area is 234 Å². The molecule has 2 aromatic carbocycles. The van der Waals surface area contributed by atoms with E-state index in [1.807, 2.05) is 49.4 Å². The van der Waals surface area contributed by atoms with Crippen LogP contribution in [0.4, 0.5) is 0 Å². The van der Waals surface area contributed by atoms with Crippen molar-refractivity contribution in [1.82, 2.24) is 9.88 Å². The Morgan fingerprint density at radius 2 is 1.85 bits per heavy atom. The summed E-state index contributed by atoms with van der Waals surface area (Å²) in [7, 11) is 1.57. The highest BCUT2D eigenvalue weighted by Crippen LogP contribution is 2.42. The fourth-order valence-electron chi connectivity index (χ4n) is 4.91. The number of thiazole rings is 1. The molecule has 0 saturated heterocycles. The molecule has 0 aliphatic carbocycles. The van der Waals surface area contributed by atoms with E-state index in [4.69, 9.17) is 9.47 Å². The lowest BCUT2D eigenvalue weighted by atomic mass is 9.94. The minimum Gasteiger partial charge on any atom is -0.503 e. The second-order valence-electron chi connectivity index (χ2n) is 9.69. The summed E-state index contributed by atoms with van der Waals surface area (Å²) in [6.07, 6.45) is 4.95. The van der Waals surface area contributed by atoms with Crippen LogP contribution in [0, 0.1) is 13.8 Å². The molecule has 1 aliphatic rings. The molecule has 1 atom stereocenters. The molecule has 1 aromatic heterocycles. The van der Waals surface area contributed by atoms with E-state index in [1.54, 1.807) is 25.0 Å². The van der Waals surface area contributed by atoms with Crippen LogP contribution in [0.15, 0.2) is 59.9 Å². The van der Waals surface area contributed by atoms with Gasteiger partial charge in [0.15, 0.2) is 17.3 Å². The molecular formula is C31H36N2O5S. The van der Waals surface area contributed by atoms with Gasteiger partial charge in [-0.3, -0.25) is 9.59 Å². The maximum atomic E-state index is 13.8. The number of rotatable bonds is 13. The maximum Gasteiger partial charge on any atom is 0.290 e. The molecule has 1 N–H and O–H groups in total. The number of hydrogen-bond donors (Lipinski definition) is 1. The van der Waals surface area contributed by atoms with Crippen LogP contribution in [0.25, 0.3) is 0 Å². The van der Waals surface area contributed by atoms with Gasteiger partial charge in [0, 0.05) is 6.54 Å². The van der Waals surface area contributed by atoms with Crippen molar-refractivity contribution >= 4 is 23.0 Å². The van der Waals surface area contributed by atoms with E-state index in [0.29, 0.717) is 47.2 Å². The Morgan fingerprint density at radius 3 is 2.51 bits per heavy atom. The average molecular weight is 549 g/mol. The second-order valence-corrected chi connectivity index (χ2v) is 10.9. The van der Waals surface area contributed by atoms with Crippen LogP contribution in [-0.4, -0.2) is 46.9 Å². The number of unbranched alkanes of at least 4 members (excludes halogenated alkanes) is 3. The van der Waals surface area contributed by atoms with E-state index in [1.165, 1.54) is 17.8 Å². The van der Waals surface area contributed by atoms with Gasteiger partial charge in [-0.15, -0.1) is 11.3 Å². The lowest BCUT2D eigenvalue weighted by molar-refractivity contribution is -0.129. The van der Waals surface area contributed by atoms with Crippen LogP contribution in [0.5, 0.6) is 11.5 Å². The van der Waals surface area contributed by atoms with Crippen molar-refractivity contribution in [2.45, 2.75) is 58.9 Å². The number of aromatic nitrogens is 1. The van der Waals surface area contributed by atoms with Crippen molar-refractivity contribution in [3.63, 3.8) is 0 Å². The summed E-state index contributed by atoms with van der Waals surface area (Å²) in [6.45, 7) is 6.67. The van der Waals surface area contributed by atoms with Gasteiger partial charge in [0.25, 0.3) is 5.91 Å². The third kappa shape index (κ3) is 6.33. The zero-order valence-corrected chi connectivity index (χ0v) is 23.8. The number of aryl methyl sites for hydroxylation is 2. The Bertz CT molecular complexity index is 1350. The summed E-state index contributed by atoms with van der Waals surface area (Å²) >= 11 is 1.27. The topological polar surface area (TPSA) is 89.0 Å². The van der Waals surface area contributed by atoms with E-state index >= 15 is 0 Å². The first-order valence-corrected chi connectivity index (χ1v) is 14.2. The predicted molar refractivity (Wildman–Crippen MR) is 153 cm³/mol. The van der Waals surface area contributed by atoms with E-state index in [2.05, 4.69) is 11.9 Å². The standard InChI is InChI=1S/C31H36N2O5S/c1-5-6-7-11-18-38-24-15-14-23(19-25(24)37-4)27-26(28(34)30-20(2)32-21(3)39-30)29(35)31(36)33(27)17-16-22-12-9-8-10-13-22/h8-10,12-15,19,27,35H,5-7,11,16-18H2,1-4H3. The summed E-state index contributed by atoms with van der Waals surface area (Å²) in [6, 6.07) is 14.5. The molecule has 3 aromatic rings. The molecular weight excluding hydrogens is 512 g/mol. The van der Waals surface area contributed by atoms with Crippen LogP contribution < -0.4 is 9.47 Å². The minimum absolute atomic E-state index is 0.0649. The summed E-state index contributed by atoms with van der Waals surface area (Å²) in [5.74, 6) is -0.340. The monoisotopic (exact) mass is 548 g/mol. The molecule has 2 heterocycles. The van der Waals surface area contributed by atoms with Crippen molar-refractivity contribution in [3.8, 4) is 11.5 Å². The first-order valence-electron chi connectivity index (χ1n) is 13.4. The van der Waals surface area contributed by atoms with Crippen molar-refractivity contribution < 1.29 is 24.2 Å². The van der Waals surface area contributed by atoms with Crippen LogP contribution in [0.2, 0.25) is 0 Å². The average Bonchev–Trinajstić information content (AvgIpc) is 3.41. The molecule has 1 aliphatic heterocycles. The van der Waals surface area contributed by atoms with Gasteiger partial charge in [-0.25, -0.2) is 4.98 Å². The maximum absolute atomic E-state index is 13.8. The molecule has 7 nitrogen and oxygen atoms in total. The van der Waals surface area contributed by atoms with Gasteiger partial charge in [0.1, 0.15) is 0 Å². The lowest BCUT2D eigenvalue weighted by Crippen LogP contribution is -2.33. The van der Waals surface area contributed by atoms with Gasteiger partial charge in [-0.1, -0.05) is 62.6 Å². The molecule has 0 fully saturated rings. The van der Waals surface area contributed by atoms with Crippen LogP contribution >= 0.6 is 11.3 Å². The highest BCUT2D eigenvalue weighted by Gasteiger charge is 2.44. The zero-order valence-electron chi connectivity index (χ0n) is 23.0.